The van der Waals surface area contributed by atoms with Crippen molar-refractivity contribution in [1.29, 1.82) is 5.26 Å². The normalized spacial score (nSPS) is 13.3. The van der Waals surface area contributed by atoms with E-state index in [2.05, 4.69) is 17.0 Å². The molecule has 2 aromatic carbocycles. The maximum Gasteiger partial charge on any atom is 0.436 e. The number of halogens is 6. The molecule has 2 heterocycles. The minimum absolute atomic E-state index is 0.0259. The molecule has 1 amide bonds. The van der Waals surface area contributed by atoms with E-state index < -0.39 is 35.1 Å². The Morgan fingerprint density at radius 1 is 1.08 bits per heavy atom. The first-order valence-corrected chi connectivity index (χ1v) is 10.9. The number of carbonyl (C=O) groups is 1. The second-order valence-electron chi connectivity index (χ2n) is 8.46. The summed E-state index contributed by atoms with van der Waals surface area (Å²) in [4.78, 5) is 14.6. The fourth-order valence-electron chi connectivity index (χ4n) is 4.08. The van der Waals surface area contributed by atoms with Crippen LogP contribution in [0.15, 0.2) is 49.0 Å². The Hall–Kier alpha value is -4.27. The molecule has 6 nitrogen and oxygen atoms in total. The lowest BCUT2D eigenvalue weighted by molar-refractivity contribution is -0.142. The molecule has 0 atom stereocenters. The number of hydrogen-bond donors (Lipinski definition) is 1. The van der Waals surface area contributed by atoms with Crippen molar-refractivity contribution < 1.29 is 31.1 Å². The molecule has 0 spiro atoms. The number of amides is 1. The van der Waals surface area contributed by atoms with Gasteiger partial charge in [-0.15, -0.1) is 0 Å². The Labute approximate surface area is 207 Å². The van der Waals surface area contributed by atoms with Gasteiger partial charge < -0.3 is 10.2 Å². The van der Waals surface area contributed by atoms with Crippen molar-refractivity contribution in [2.24, 2.45) is 0 Å². The first-order valence-electron chi connectivity index (χ1n) is 10.9. The first-order chi connectivity index (χ1) is 17.3. The highest BCUT2D eigenvalue weighted by molar-refractivity contribution is 6.04. The predicted molar refractivity (Wildman–Crippen MR) is 122 cm³/mol. The maximum absolute atomic E-state index is 13.8. The van der Waals surface area contributed by atoms with Crippen LogP contribution in [-0.4, -0.2) is 22.2 Å². The van der Waals surface area contributed by atoms with E-state index in [1.54, 1.807) is 13.0 Å². The van der Waals surface area contributed by atoms with Crippen LogP contribution < -0.4 is 10.2 Å². The summed E-state index contributed by atoms with van der Waals surface area (Å²) < 4.78 is 81.2. The molecule has 3 aromatic rings. The maximum atomic E-state index is 13.8. The molecule has 0 bridgehead atoms. The number of aryl methyl sites for hydroxylation is 1. The molecule has 0 aliphatic carbocycles. The van der Waals surface area contributed by atoms with E-state index >= 15 is 0 Å². The highest BCUT2D eigenvalue weighted by Crippen LogP contribution is 2.39. The summed E-state index contributed by atoms with van der Waals surface area (Å²) in [6.07, 6.45) is -9.45. The minimum atomic E-state index is -4.93. The molecule has 1 aliphatic heterocycles. The average molecular weight is 519 g/mol. The number of nitriles is 1. The summed E-state index contributed by atoms with van der Waals surface area (Å²) in [7, 11) is 0. The first kappa shape index (κ1) is 25.8. The lowest BCUT2D eigenvalue weighted by Gasteiger charge is -2.20. The minimum Gasteiger partial charge on any atom is -0.350 e. The number of nitrogens with one attached hydrogen (secondary N) is 1. The summed E-state index contributed by atoms with van der Waals surface area (Å²) in [5.74, 6) is -1.17. The van der Waals surface area contributed by atoms with Gasteiger partial charge in [0, 0.05) is 18.8 Å². The van der Waals surface area contributed by atoms with Crippen LogP contribution in [0, 0.1) is 18.3 Å². The number of hydrogen-bond acceptors (Lipinski definition) is 4. The Balaban J connectivity index is 1.65. The summed E-state index contributed by atoms with van der Waals surface area (Å²) >= 11 is 0. The number of nitrogens with zero attached hydrogens (tertiary/aromatic N) is 4. The zero-order valence-corrected chi connectivity index (χ0v) is 19.3. The molecule has 37 heavy (non-hydrogen) atoms. The van der Waals surface area contributed by atoms with Crippen LogP contribution in [0.1, 0.15) is 43.9 Å². The smallest absolute Gasteiger partial charge is 0.350 e. The Morgan fingerprint density at radius 3 is 2.32 bits per heavy atom. The molecule has 0 unspecified atom stereocenters. The van der Waals surface area contributed by atoms with Crippen molar-refractivity contribution in [1.82, 2.24) is 15.1 Å². The van der Waals surface area contributed by atoms with Gasteiger partial charge in [-0.2, -0.15) is 36.7 Å². The molecule has 1 aromatic heterocycles. The molecule has 1 aliphatic rings. The number of carbonyl (C=O) groups excluding carboxylic acids is 1. The summed E-state index contributed by atoms with van der Waals surface area (Å²) in [6, 6.07) is 10.8. The molecule has 0 saturated carbocycles. The number of rotatable bonds is 5. The summed E-state index contributed by atoms with van der Waals surface area (Å²) in [5, 5.41) is 15.1. The Morgan fingerprint density at radius 2 is 1.76 bits per heavy atom. The van der Waals surface area contributed by atoms with E-state index in [9.17, 15) is 31.1 Å². The number of fused-ring (bicyclic) bond motifs is 1. The van der Waals surface area contributed by atoms with Crippen LogP contribution in [0.2, 0.25) is 0 Å². The van der Waals surface area contributed by atoms with Crippen LogP contribution >= 0.6 is 0 Å². The predicted octanol–water partition coefficient (Wildman–Crippen LogP) is 5.52. The van der Waals surface area contributed by atoms with Crippen LogP contribution in [-0.2, 0) is 25.4 Å². The number of aromatic nitrogens is 2. The van der Waals surface area contributed by atoms with Crippen molar-refractivity contribution >= 4 is 17.4 Å². The molecule has 192 valence electrons. The van der Waals surface area contributed by atoms with Crippen molar-refractivity contribution in [2.75, 3.05) is 11.4 Å². The zero-order chi connectivity index (χ0) is 27.1. The summed E-state index contributed by atoms with van der Waals surface area (Å²) in [6.45, 7) is 5.65. The SMILES string of the molecule is C=C(NC(=O)c1c(C(F)(F)F)nn2c1N(Cc1ccc(C(F)(F)F)cc1)CC2)c1ccc(C#N)c(C)c1. The zero-order valence-electron chi connectivity index (χ0n) is 19.3. The molecule has 0 saturated heterocycles. The standard InChI is InChI=1S/C25H19F6N5O/c1-14-11-17(5-6-18(14)12-32)15(2)33-22(37)20-21(25(29,30)31)34-36-10-9-35(23(20)36)13-16-3-7-19(8-4-16)24(26,27)28/h3-8,11H,2,9-10,13H2,1H3,(H,33,37). The van der Waals surface area contributed by atoms with E-state index in [-0.39, 0.29) is 31.1 Å². The molecule has 1 N–H and O–H groups in total. The average Bonchev–Trinajstić information content (AvgIpc) is 3.39. The second kappa shape index (κ2) is 9.31. The van der Waals surface area contributed by atoms with Gasteiger partial charge in [0.2, 0.25) is 0 Å². The van der Waals surface area contributed by atoms with Gasteiger partial charge in [-0.1, -0.05) is 24.8 Å². The van der Waals surface area contributed by atoms with Crippen molar-refractivity contribution in [3.05, 3.63) is 88.1 Å². The van der Waals surface area contributed by atoms with Gasteiger partial charge in [-0.05, 0) is 47.9 Å². The highest BCUT2D eigenvalue weighted by atomic mass is 19.4. The fraction of sp³-hybridized carbons (Fsp3) is 0.240. The third-order valence-electron chi connectivity index (χ3n) is 5.92. The van der Waals surface area contributed by atoms with Crippen LogP contribution in [0.4, 0.5) is 32.2 Å². The van der Waals surface area contributed by atoms with Gasteiger partial charge in [0.1, 0.15) is 11.4 Å². The molecule has 12 heteroatoms. The van der Waals surface area contributed by atoms with Crippen molar-refractivity contribution in [3.63, 3.8) is 0 Å². The van der Waals surface area contributed by atoms with Crippen molar-refractivity contribution in [3.8, 4) is 6.07 Å². The molecular weight excluding hydrogens is 500 g/mol. The van der Waals surface area contributed by atoms with E-state index in [1.165, 1.54) is 29.2 Å². The van der Waals surface area contributed by atoms with Crippen LogP contribution in [0.25, 0.3) is 5.70 Å². The van der Waals surface area contributed by atoms with E-state index in [0.717, 1.165) is 16.8 Å². The van der Waals surface area contributed by atoms with E-state index in [0.29, 0.717) is 22.3 Å². The number of benzene rings is 2. The van der Waals surface area contributed by atoms with E-state index in [1.807, 2.05) is 6.07 Å². The van der Waals surface area contributed by atoms with Gasteiger partial charge in [0.15, 0.2) is 5.69 Å². The van der Waals surface area contributed by atoms with Gasteiger partial charge in [-0.25, -0.2) is 4.68 Å². The van der Waals surface area contributed by atoms with Crippen LogP contribution in [0.3, 0.4) is 0 Å². The van der Waals surface area contributed by atoms with Gasteiger partial charge in [0.25, 0.3) is 5.91 Å². The topological polar surface area (TPSA) is 74.0 Å². The van der Waals surface area contributed by atoms with Crippen molar-refractivity contribution in [2.45, 2.75) is 32.4 Å². The van der Waals surface area contributed by atoms with Gasteiger partial charge in [0.05, 0.1) is 23.7 Å². The third kappa shape index (κ3) is 5.16. The third-order valence-corrected chi connectivity index (χ3v) is 5.92. The van der Waals surface area contributed by atoms with Gasteiger partial charge >= 0.3 is 12.4 Å². The molecule has 0 fully saturated rings. The molecule has 4 rings (SSSR count). The second-order valence-corrected chi connectivity index (χ2v) is 8.46. The van der Waals surface area contributed by atoms with Crippen LogP contribution in [0.5, 0.6) is 0 Å². The largest absolute Gasteiger partial charge is 0.436 e. The summed E-state index contributed by atoms with van der Waals surface area (Å²) in [5.41, 5.74) is -1.08. The fourth-order valence-corrected chi connectivity index (χ4v) is 4.08. The quantitative estimate of drug-likeness (QED) is 0.451. The Bertz CT molecular complexity index is 1410. The lowest BCUT2D eigenvalue weighted by atomic mass is 10.0. The highest BCUT2D eigenvalue weighted by Gasteiger charge is 2.44. The van der Waals surface area contributed by atoms with Gasteiger partial charge in [-0.3, -0.25) is 4.79 Å². The molecular formula is C25H19F6N5O. The lowest BCUT2D eigenvalue weighted by Crippen LogP contribution is -2.28. The number of anilines is 1. The molecule has 0 radical (unpaired) electrons. The monoisotopic (exact) mass is 519 g/mol. The Kier molecular flexibility index (Phi) is 6.50. The van der Waals surface area contributed by atoms with E-state index in [4.69, 9.17) is 5.26 Å². The number of alkyl halides is 6.